The van der Waals surface area contributed by atoms with E-state index in [1.165, 1.54) is 31.9 Å². The van der Waals surface area contributed by atoms with Gasteiger partial charge in [-0.1, -0.05) is 49.3 Å². The van der Waals surface area contributed by atoms with Crippen molar-refractivity contribution in [3.8, 4) is 0 Å². The van der Waals surface area contributed by atoms with Gasteiger partial charge in [0.05, 0.1) is 17.5 Å². The predicted molar refractivity (Wildman–Crippen MR) is 159 cm³/mol. The molecule has 2 fully saturated rings. The number of hydrogen-bond acceptors (Lipinski definition) is 3. The average Bonchev–Trinajstić information content (AvgIpc) is 3.46. The molecule has 0 aromatic heterocycles. The van der Waals surface area contributed by atoms with Crippen molar-refractivity contribution in [2.45, 2.75) is 84.0 Å². The van der Waals surface area contributed by atoms with Gasteiger partial charge in [-0.25, -0.2) is 0 Å². The maximum atomic E-state index is 14.1. The van der Waals surface area contributed by atoms with E-state index in [9.17, 15) is 22.8 Å². The van der Waals surface area contributed by atoms with Gasteiger partial charge in [-0.15, -0.1) is 0 Å². The molecule has 3 atom stereocenters. The monoisotopic (exact) mass is 579 g/mol. The number of halogens is 3. The van der Waals surface area contributed by atoms with E-state index in [1.807, 2.05) is 36.9 Å². The number of carbonyl (C=O) groups is 2. The number of likely N-dealkylation sites (tertiary alicyclic amines) is 1. The van der Waals surface area contributed by atoms with Crippen LogP contribution in [0.25, 0.3) is 0 Å². The highest BCUT2D eigenvalue weighted by Crippen LogP contribution is 2.37. The van der Waals surface area contributed by atoms with Crippen LogP contribution in [-0.4, -0.2) is 35.3 Å². The highest BCUT2D eigenvalue weighted by Gasteiger charge is 2.43. The van der Waals surface area contributed by atoms with Crippen LogP contribution in [0.4, 0.5) is 18.9 Å². The fraction of sp³-hybridized carbons (Fsp3) is 0.471. The maximum absolute atomic E-state index is 14.1. The molecule has 1 unspecified atom stereocenters. The third kappa shape index (κ3) is 6.42. The normalized spacial score (nSPS) is 23.0. The number of aryl methyl sites for hydroxylation is 3. The second-order valence-corrected chi connectivity index (χ2v) is 12.1. The van der Waals surface area contributed by atoms with Crippen molar-refractivity contribution in [2.75, 3.05) is 11.9 Å². The molecular weight excluding hydrogens is 539 g/mol. The number of nitrogens with one attached hydrogen (secondary N) is 2. The van der Waals surface area contributed by atoms with Crippen LogP contribution in [0.15, 0.2) is 60.3 Å². The molecule has 2 aliphatic carbocycles. The number of piperidine rings is 1. The number of alkyl halides is 3. The number of benzene rings is 2. The third-order valence-electron chi connectivity index (χ3n) is 9.09. The number of nitrogens with zero attached hydrogens (tertiary/aromatic N) is 1. The van der Waals surface area contributed by atoms with Gasteiger partial charge in [0.15, 0.2) is 0 Å². The Hall–Kier alpha value is -3.55. The molecule has 2 aromatic rings. The molecule has 0 bridgehead atoms. The molecular formula is C34H40F3N3O2. The summed E-state index contributed by atoms with van der Waals surface area (Å²) in [6.45, 7) is 5.76. The molecule has 1 saturated heterocycles. The van der Waals surface area contributed by atoms with Gasteiger partial charge in [0.2, 0.25) is 5.91 Å². The summed E-state index contributed by atoms with van der Waals surface area (Å²) in [5.41, 5.74) is 2.92. The van der Waals surface area contributed by atoms with Crippen molar-refractivity contribution in [1.29, 1.82) is 0 Å². The smallest absolute Gasteiger partial charge is 0.383 e. The first-order chi connectivity index (χ1) is 20.0. The number of anilines is 1. The molecule has 2 N–H and O–H groups in total. The number of amides is 2. The summed E-state index contributed by atoms with van der Waals surface area (Å²) in [5, 5.41) is 6.40. The highest BCUT2D eigenvalue weighted by atomic mass is 19.4. The molecule has 224 valence electrons. The number of rotatable bonds is 6. The van der Waals surface area contributed by atoms with Crippen LogP contribution < -0.4 is 10.6 Å². The Kier molecular flexibility index (Phi) is 8.81. The average molecular weight is 580 g/mol. The summed E-state index contributed by atoms with van der Waals surface area (Å²) in [4.78, 5) is 29.8. The number of hydrogen-bond donors (Lipinski definition) is 2. The van der Waals surface area contributed by atoms with Gasteiger partial charge in [0.25, 0.3) is 5.91 Å². The van der Waals surface area contributed by atoms with Crippen LogP contribution in [0.1, 0.15) is 77.6 Å². The van der Waals surface area contributed by atoms with Crippen molar-refractivity contribution in [3.05, 3.63) is 88.1 Å². The summed E-state index contributed by atoms with van der Waals surface area (Å²) in [7, 11) is 0. The summed E-state index contributed by atoms with van der Waals surface area (Å²) in [6.07, 6.45) is 8.44. The first-order valence-corrected chi connectivity index (χ1v) is 15.0. The van der Waals surface area contributed by atoms with E-state index < -0.39 is 23.7 Å². The topological polar surface area (TPSA) is 61.4 Å². The zero-order chi connectivity index (χ0) is 30.0. The van der Waals surface area contributed by atoms with Crippen LogP contribution in [-0.2, 0) is 11.0 Å². The van der Waals surface area contributed by atoms with Crippen molar-refractivity contribution in [1.82, 2.24) is 10.2 Å². The van der Waals surface area contributed by atoms with Crippen molar-refractivity contribution < 1.29 is 22.8 Å². The zero-order valence-electron chi connectivity index (χ0n) is 24.6. The maximum Gasteiger partial charge on any atom is 0.416 e. The highest BCUT2D eigenvalue weighted by molar-refractivity contribution is 5.99. The van der Waals surface area contributed by atoms with Crippen molar-refractivity contribution in [3.63, 3.8) is 0 Å². The quantitative estimate of drug-likeness (QED) is 0.373. The summed E-state index contributed by atoms with van der Waals surface area (Å²) in [6, 6.07) is 9.68. The van der Waals surface area contributed by atoms with Crippen molar-refractivity contribution in [2.24, 2.45) is 11.8 Å². The molecule has 1 saturated carbocycles. The van der Waals surface area contributed by atoms with Gasteiger partial charge in [-0.05, 0) is 87.8 Å². The van der Waals surface area contributed by atoms with Gasteiger partial charge in [-0.3, -0.25) is 9.59 Å². The minimum atomic E-state index is -4.52. The van der Waals surface area contributed by atoms with E-state index in [4.69, 9.17) is 0 Å². The second-order valence-electron chi connectivity index (χ2n) is 12.1. The molecule has 1 aliphatic heterocycles. The first kappa shape index (κ1) is 29.9. The van der Waals surface area contributed by atoms with Gasteiger partial charge >= 0.3 is 6.18 Å². The lowest BCUT2D eigenvalue weighted by Crippen LogP contribution is -2.55. The fourth-order valence-corrected chi connectivity index (χ4v) is 6.91. The van der Waals surface area contributed by atoms with Gasteiger partial charge in [0, 0.05) is 35.5 Å². The van der Waals surface area contributed by atoms with Gasteiger partial charge in [-0.2, -0.15) is 13.2 Å². The molecule has 3 aliphatic rings. The molecule has 0 spiro atoms. The van der Waals surface area contributed by atoms with E-state index >= 15 is 0 Å². The summed E-state index contributed by atoms with van der Waals surface area (Å²) >= 11 is 0. The largest absolute Gasteiger partial charge is 0.416 e. The van der Waals surface area contributed by atoms with E-state index in [0.717, 1.165) is 35.7 Å². The molecule has 1 heterocycles. The minimum Gasteiger partial charge on any atom is -0.383 e. The van der Waals surface area contributed by atoms with Crippen LogP contribution in [0, 0.1) is 32.6 Å². The molecule has 5 rings (SSSR count). The van der Waals surface area contributed by atoms with E-state index in [0.29, 0.717) is 37.4 Å². The van der Waals surface area contributed by atoms with Crippen LogP contribution in [0.2, 0.25) is 0 Å². The molecule has 0 radical (unpaired) electrons. The fourth-order valence-electron chi connectivity index (χ4n) is 6.91. The molecule has 2 amide bonds. The first-order valence-electron chi connectivity index (χ1n) is 15.0. The SMILES string of the molecule is Cc1ccc(NC(=O)[C@H]2CCCN(C(=O)c3c(C)cccc3C)[C@H]2C2C=CC(NC3CCCC3)=CC2)cc1C(F)(F)F. The zero-order valence-corrected chi connectivity index (χ0v) is 24.6. The Morgan fingerprint density at radius 3 is 2.29 bits per heavy atom. The lowest BCUT2D eigenvalue weighted by atomic mass is 9.77. The minimum absolute atomic E-state index is 0.0996. The number of carbonyl (C=O) groups excluding carboxylic acids is 2. The molecule has 8 heteroatoms. The van der Waals surface area contributed by atoms with Crippen LogP contribution in [0.3, 0.4) is 0 Å². The lowest BCUT2D eigenvalue weighted by Gasteiger charge is -2.44. The summed E-state index contributed by atoms with van der Waals surface area (Å²) < 4.78 is 40.7. The summed E-state index contributed by atoms with van der Waals surface area (Å²) in [5.74, 6) is -1.14. The third-order valence-corrected chi connectivity index (χ3v) is 9.09. The van der Waals surface area contributed by atoms with E-state index in [-0.39, 0.29) is 29.0 Å². The number of allylic oxidation sites excluding steroid dienone is 2. The molecule has 5 nitrogen and oxygen atoms in total. The Bertz CT molecular complexity index is 1370. The Morgan fingerprint density at radius 1 is 0.929 bits per heavy atom. The van der Waals surface area contributed by atoms with Gasteiger partial charge in [0.1, 0.15) is 0 Å². The van der Waals surface area contributed by atoms with Crippen LogP contribution >= 0.6 is 0 Å². The lowest BCUT2D eigenvalue weighted by molar-refractivity contribution is -0.138. The Labute approximate surface area is 246 Å². The Balaban J connectivity index is 1.43. The van der Waals surface area contributed by atoms with E-state index in [2.05, 4.69) is 28.9 Å². The molecule has 2 aromatic carbocycles. The predicted octanol–water partition coefficient (Wildman–Crippen LogP) is 7.48. The van der Waals surface area contributed by atoms with Gasteiger partial charge < -0.3 is 15.5 Å². The molecule has 42 heavy (non-hydrogen) atoms. The van der Waals surface area contributed by atoms with E-state index in [1.54, 1.807) is 0 Å². The van der Waals surface area contributed by atoms with Crippen LogP contribution in [0.5, 0.6) is 0 Å². The Morgan fingerprint density at radius 2 is 1.64 bits per heavy atom. The standard InChI is InChI=1S/C34H40F3N3O2/c1-21-13-16-27(20-29(21)34(35,36)37)39-32(41)28-12-7-19-40(33(42)30-22(2)8-6-9-23(30)3)31(28)24-14-17-26(18-15-24)38-25-10-4-5-11-25/h6,8-9,13-14,16-18,20,24-25,28,31,38H,4-5,7,10-12,15,19H2,1-3H3,(H,39,41)/t24?,28-,31-/m0/s1. The van der Waals surface area contributed by atoms with Crippen molar-refractivity contribution >= 4 is 17.5 Å². The second kappa shape index (κ2) is 12.4.